The zero-order chi connectivity index (χ0) is 28.4. The first kappa shape index (κ1) is 29.4. The van der Waals surface area contributed by atoms with E-state index in [0.29, 0.717) is 10.7 Å². The van der Waals surface area contributed by atoms with Gasteiger partial charge in [0.1, 0.15) is 55.3 Å². The van der Waals surface area contributed by atoms with Crippen LogP contribution in [0.3, 0.4) is 0 Å². The summed E-state index contributed by atoms with van der Waals surface area (Å²) in [5, 5.41) is 2.15. The third-order valence-electron chi connectivity index (χ3n) is 5.55. The number of nitrogens with one attached hydrogen (secondary N) is 1. The second kappa shape index (κ2) is 14.1. The molecule has 3 rings (SSSR count). The van der Waals surface area contributed by atoms with Crippen LogP contribution in [0.4, 0.5) is 9.59 Å². The molecule has 0 aliphatic carbocycles. The number of amides is 2. The molecule has 11 nitrogen and oxygen atoms in total. The molecular weight excluding hydrogens is 528 g/mol. The van der Waals surface area contributed by atoms with E-state index in [4.69, 9.17) is 23.7 Å². The summed E-state index contributed by atoms with van der Waals surface area (Å²) in [5.41, 5.74) is 0.910. The number of rotatable bonds is 14. The number of hydrogen-bond donors (Lipinski definition) is 1. The normalized spacial score (nSPS) is 18.2. The van der Waals surface area contributed by atoms with Gasteiger partial charge in [0.05, 0.1) is 4.91 Å². The minimum Gasteiger partial charge on any atom is -0.488 e. The maximum absolute atomic E-state index is 13.0. The summed E-state index contributed by atoms with van der Waals surface area (Å²) in [7, 11) is 0. The lowest BCUT2D eigenvalue weighted by Gasteiger charge is -2.44. The first-order valence-electron chi connectivity index (χ1n) is 12.0. The molecule has 0 aromatic heterocycles. The van der Waals surface area contributed by atoms with E-state index in [1.165, 1.54) is 34.9 Å². The van der Waals surface area contributed by atoms with E-state index < -0.39 is 35.6 Å². The predicted octanol–water partition coefficient (Wildman–Crippen LogP) is 3.68. The van der Waals surface area contributed by atoms with Crippen molar-refractivity contribution < 1.29 is 42.9 Å². The molecule has 2 heterocycles. The van der Waals surface area contributed by atoms with Crippen LogP contribution in [-0.2, 0) is 35.1 Å². The zero-order valence-corrected chi connectivity index (χ0v) is 22.3. The van der Waals surface area contributed by atoms with Crippen LogP contribution in [0.2, 0.25) is 0 Å². The van der Waals surface area contributed by atoms with Crippen LogP contribution in [-0.4, -0.2) is 66.9 Å². The minimum absolute atomic E-state index is 0.00171. The fourth-order valence-corrected chi connectivity index (χ4v) is 5.25. The predicted molar refractivity (Wildman–Crippen MR) is 142 cm³/mol. The fourth-order valence-electron chi connectivity index (χ4n) is 3.73. The van der Waals surface area contributed by atoms with Gasteiger partial charge in [-0.05, 0) is 24.6 Å². The topological polar surface area (TPSA) is 130 Å². The molecule has 0 radical (unpaired) electrons. The molecule has 2 aliphatic heterocycles. The molecule has 2 aliphatic rings. The summed E-state index contributed by atoms with van der Waals surface area (Å²) < 4.78 is 26.0. The highest BCUT2D eigenvalue weighted by Gasteiger charge is 2.59. The number of thioether (sulfide) groups is 1. The van der Waals surface area contributed by atoms with Crippen molar-refractivity contribution in [1.82, 2.24) is 10.2 Å². The van der Waals surface area contributed by atoms with Gasteiger partial charge in [0.2, 0.25) is 5.91 Å². The van der Waals surface area contributed by atoms with E-state index in [0.717, 1.165) is 5.56 Å². The highest BCUT2D eigenvalue weighted by molar-refractivity contribution is 8.04. The van der Waals surface area contributed by atoms with Gasteiger partial charge in [0.25, 0.3) is 0 Å². The number of nitrogens with zero attached hydrogens (tertiary/aromatic N) is 1. The summed E-state index contributed by atoms with van der Waals surface area (Å²) in [6, 6.07) is 6.98. The minimum atomic E-state index is -0.911. The zero-order valence-electron chi connectivity index (χ0n) is 21.5. The van der Waals surface area contributed by atoms with Crippen molar-refractivity contribution in [3.63, 3.8) is 0 Å². The number of ether oxygens (including phenoxy) is 5. The number of carbonyl (C=O) groups excluding carboxylic acids is 4. The Kier molecular flexibility index (Phi) is 10.6. The summed E-state index contributed by atoms with van der Waals surface area (Å²) >= 11 is 1.27. The Balaban J connectivity index is 1.64. The number of benzene rings is 1. The summed E-state index contributed by atoms with van der Waals surface area (Å²) in [6.07, 6.45) is 2.05. The van der Waals surface area contributed by atoms with E-state index in [-0.39, 0.29) is 44.6 Å². The van der Waals surface area contributed by atoms with Crippen molar-refractivity contribution in [2.45, 2.75) is 24.9 Å². The van der Waals surface area contributed by atoms with E-state index in [9.17, 15) is 19.2 Å². The third kappa shape index (κ3) is 7.44. The van der Waals surface area contributed by atoms with Gasteiger partial charge in [-0.15, -0.1) is 0 Å². The molecule has 2 amide bonds. The quantitative estimate of drug-likeness (QED) is 0.156. The molecule has 12 heteroatoms. The van der Waals surface area contributed by atoms with Gasteiger partial charge < -0.3 is 29.0 Å². The molecule has 0 spiro atoms. The molecule has 1 fully saturated rings. The van der Waals surface area contributed by atoms with E-state index in [1.54, 1.807) is 31.2 Å². The Hall–Kier alpha value is -4.19. The second-order valence-corrected chi connectivity index (χ2v) is 9.46. The standard InChI is InChI=1S/C27H30N2O9S/c1-5-12-34-25(31)22-20(16-37-19-10-8-18(9-11-19)15-28-26(32)35-13-6-2)39-24-21(23(30)29(22)24)17(4)38-27(33)36-14-7-3/h5-11,17,21,24H,1-3,12-16H2,4H3,(H,28,32)/t17-,21+,24-/m1/s1. The van der Waals surface area contributed by atoms with Crippen molar-refractivity contribution >= 4 is 35.9 Å². The lowest BCUT2D eigenvalue weighted by Crippen LogP contribution is -2.61. The number of β-lactam (4-membered cyclic amide) rings is 1. The number of hydrogen-bond acceptors (Lipinski definition) is 10. The maximum Gasteiger partial charge on any atom is 0.508 e. The second-order valence-electron chi connectivity index (χ2n) is 8.25. The molecule has 1 aromatic rings. The molecule has 0 saturated carbocycles. The molecule has 208 valence electrons. The third-order valence-corrected chi connectivity index (χ3v) is 6.89. The monoisotopic (exact) mass is 558 g/mol. The van der Waals surface area contributed by atoms with Gasteiger partial charge in [0, 0.05) is 6.54 Å². The lowest BCUT2D eigenvalue weighted by atomic mass is 9.92. The highest BCUT2D eigenvalue weighted by atomic mass is 32.2. The van der Waals surface area contributed by atoms with Gasteiger partial charge in [-0.3, -0.25) is 9.69 Å². The van der Waals surface area contributed by atoms with Crippen LogP contribution < -0.4 is 10.1 Å². The van der Waals surface area contributed by atoms with Gasteiger partial charge in [-0.25, -0.2) is 14.4 Å². The van der Waals surface area contributed by atoms with Crippen molar-refractivity contribution in [2.24, 2.45) is 5.92 Å². The van der Waals surface area contributed by atoms with Gasteiger partial charge in [-0.2, -0.15) is 0 Å². The molecule has 3 atom stereocenters. The van der Waals surface area contributed by atoms with Crippen LogP contribution in [0.15, 0.2) is 72.8 Å². The van der Waals surface area contributed by atoms with Crippen LogP contribution in [0.25, 0.3) is 0 Å². The van der Waals surface area contributed by atoms with Gasteiger partial charge in [-0.1, -0.05) is 61.9 Å². The first-order valence-corrected chi connectivity index (χ1v) is 12.9. The first-order chi connectivity index (χ1) is 18.8. The molecule has 0 bridgehead atoms. The number of carbonyl (C=O) groups is 4. The van der Waals surface area contributed by atoms with Gasteiger partial charge in [0.15, 0.2) is 0 Å². The Labute approximate surface area is 230 Å². The van der Waals surface area contributed by atoms with Crippen LogP contribution in [0.5, 0.6) is 5.75 Å². The molecule has 1 N–H and O–H groups in total. The Morgan fingerprint density at radius 1 is 1.03 bits per heavy atom. The van der Waals surface area contributed by atoms with Crippen LogP contribution in [0.1, 0.15) is 12.5 Å². The Bertz CT molecular complexity index is 1150. The van der Waals surface area contributed by atoms with Gasteiger partial charge >= 0.3 is 18.2 Å². The number of fused-ring (bicyclic) bond motifs is 1. The summed E-state index contributed by atoms with van der Waals surface area (Å²) in [5.74, 6) is -1.23. The fraction of sp³-hybridized carbons (Fsp3) is 0.333. The molecule has 0 unspecified atom stereocenters. The van der Waals surface area contributed by atoms with E-state index in [1.807, 2.05) is 0 Å². The van der Waals surface area contributed by atoms with Crippen LogP contribution in [0, 0.1) is 5.92 Å². The smallest absolute Gasteiger partial charge is 0.488 e. The molecule has 1 saturated heterocycles. The SMILES string of the molecule is C=CCOC(=O)NCc1ccc(OCC2=C(C(=O)OCC=C)N3C(=O)[C@H]([C@@H](C)OC(=O)OCC=C)[C@H]3S2)cc1. The van der Waals surface area contributed by atoms with Crippen molar-refractivity contribution in [2.75, 3.05) is 26.4 Å². The highest BCUT2D eigenvalue weighted by Crippen LogP contribution is 2.51. The number of alkyl carbamates (subject to hydrolysis) is 1. The Morgan fingerprint density at radius 3 is 2.33 bits per heavy atom. The summed E-state index contributed by atoms with van der Waals surface area (Å²) in [4.78, 5) is 51.1. The molecular formula is C27H30N2O9S. The van der Waals surface area contributed by atoms with Crippen molar-refractivity contribution in [3.05, 3.63) is 78.4 Å². The van der Waals surface area contributed by atoms with Crippen molar-refractivity contribution in [3.8, 4) is 5.75 Å². The maximum atomic E-state index is 13.0. The molecule has 1 aromatic carbocycles. The van der Waals surface area contributed by atoms with E-state index in [2.05, 4.69) is 25.1 Å². The Morgan fingerprint density at radius 2 is 1.67 bits per heavy atom. The van der Waals surface area contributed by atoms with Crippen molar-refractivity contribution in [1.29, 1.82) is 0 Å². The van der Waals surface area contributed by atoms with Crippen LogP contribution >= 0.6 is 11.8 Å². The average molecular weight is 559 g/mol. The number of esters is 1. The van der Waals surface area contributed by atoms with E-state index >= 15 is 0 Å². The molecule has 39 heavy (non-hydrogen) atoms. The average Bonchev–Trinajstić information content (AvgIpc) is 3.26. The lowest BCUT2D eigenvalue weighted by molar-refractivity contribution is -0.158. The largest absolute Gasteiger partial charge is 0.508 e. The summed E-state index contributed by atoms with van der Waals surface area (Å²) in [6.45, 7) is 12.4.